The lowest BCUT2D eigenvalue weighted by Crippen LogP contribution is -2.52. The van der Waals surface area contributed by atoms with Gasteiger partial charge in [0.05, 0.1) is 0 Å². The summed E-state index contributed by atoms with van der Waals surface area (Å²) in [7, 11) is 1.51. The summed E-state index contributed by atoms with van der Waals surface area (Å²) in [5, 5.41) is 5.18. The predicted molar refractivity (Wildman–Crippen MR) is 137 cm³/mol. The quantitative estimate of drug-likeness (QED) is 0.623. The van der Waals surface area contributed by atoms with Crippen LogP contribution in [0, 0.1) is 5.82 Å². The maximum atomic E-state index is 13.6. The van der Waals surface area contributed by atoms with Crippen LogP contribution in [0.4, 0.5) is 19.7 Å². The lowest BCUT2D eigenvalue weighted by molar-refractivity contribution is -0.144. The van der Waals surface area contributed by atoms with Gasteiger partial charge >= 0.3 is 12.1 Å². The molecule has 200 valence electrons. The first-order chi connectivity index (χ1) is 18.0. The van der Waals surface area contributed by atoms with Gasteiger partial charge in [-0.3, -0.25) is 9.59 Å². The number of amides is 5. The van der Waals surface area contributed by atoms with Gasteiger partial charge in [-0.25, -0.2) is 18.9 Å². The first-order valence-corrected chi connectivity index (χ1v) is 12.8. The van der Waals surface area contributed by atoms with Crippen molar-refractivity contribution in [2.45, 2.75) is 63.1 Å². The van der Waals surface area contributed by atoms with Gasteiger partial charge in [-0.2, -0.15) is 0 Å². The average molecular weight is 523 g/mol. The van der Waals surface area contributed by atoms with E-state index >= 15 is 0 Å². The van der Waals surface area contributed by atoms with Crippen LogP contribution in [0.3, 0.4) is 0 Å². The third-order valence-electron chi connectivity index (χ3n) is 7.90. The molecule has 2 N–H and O–H groups in total. The highest BCUT2D eigenvalue weighted by Gasteiger charge is 2.59. The molecule has 2 aromatic carbocycles. The molecule has 1 unspecified atom stereocenters. The minimum atomic E-state index is -1.47. The summed E-state index contributed by atoms with van der Waals surface area (Å²) < 4.78 is 19.1. The second-order valence-electron chi connectivity index (χ2n) is 10.8. The Balaban J connectivity index is 1.34. The van der Waals surface area contributed by atoms with Crippen LogP contribution in [0.25, 0.3) is 0 Å². The molecule has 2 aromatic rings. The molecule has 10 heteroatoms. The summed E-state index contributed by atoms with van der Waals surface area (Å²) in [6.07, 6.45) is 2.00. The zero-order chi connectivity index (χ0) is 27.2. The lowest BCUT2D eigenvalue weighted by Gasteiger charge is -2.37. The number of aryl methyl sites for hydroxylation is 1. The largest absolute Gasteiger partial charge is 0.427 e. The molecular weight excluding hydrogens is 491 g/mol. The molecule has 2 atom stereocenters. The summed E-state index contributed by atoms with van der Waals surface area (Å²) in [6.45, 7) is 3.53. The first-order valence-electron chi connectivity index (χ1n) is 12.8. The van der Waals surface area contributed by atoms with Gasteiger partial charge in [0.2, 0.25) is 11.5 Å². The molecule has 5 amide bonds. The highest BCUT2D eigenvalue weighted by atomic mass is 19.1. The SMILES string of the molecule is CNC(=O)Nc1ccc2c(c1)CC[C@@]21OC(=O)N(CC(=O)N2C(Cc3ccc(F)cc3)CCC2(C)C)C1=O. The third kappa shape index (κ3) is 4.37. The summed E-state index contributed by atoms with van der Waals surface area (Å²) in [6, 6.07) is 10.8. The van der Waals surface area contributed by atoms with E-state index in [1.807, 2.05) is 13.8 Å². The van der Waals surface area contributed by atoms with E-state index in [2.05, 4.69) is 10.6 Å². The molecular formula is C28H31FN4O5. The monoisotopic (exact) mass is 522 g/mol. The van der Waals surface area contributed by atoms with E-state index in [0.29, 0.717) is 24.1 Å². The van der Waals surface area contributed by atoms with Gasteiger partial charge < -0.3 is 20.3 Å². The molecule has 9 nitrogen and oxygen atoms in total. The number of carbonyl (C=O) groups excluding carboxylic acids is 4. The number of likely N-dealkylation sites (tertiary alicyclic amines) is 1. The van der Waals surface area contributed by atoms with Crippen molar-refractivity contribution >= 4 is 29.6 Å². The topological polar surface area (TPSA) is 108 Å². The molecule has 0 radical (unpaired) electrons. The number of nitrogens with zero attached hydrogens (tertiary/aromatic N) is 2. The van der Waals surface area contributed by atoms with E-state index in [-0.39, 0.29) is 30.2 Å². The fourth-order valence-corrected chi connectivity index (χ4v) is 6.03. The van der Waals surface area contributed by atoms with E-state index in [1.54, 1.807) is 35.2 Å². The first kappa shape index (κ1) is 25.7. The number of carbonyl (C=O) groups is 4. The van der Waals surface area contributed by atoms with Crippen LogP contribution in [0.2, 0.25) is 0 Å². The minimum Gasteiger partial charge on any atom is -0.427 e. The van der Waals surface area contributed by atoms with Crippen molar-refractivity contribution in [3.8, 4) is 0 Å². The van der Waals surface area contributed by atoms with Crippen molar-refractivity contribution in [3.63, 3.8) is 0 Å². The van der Waals surface area contributed by atoms with Crippen molar-refractivity contribution in [2.75, 3.05) is 18.9 Å². The van der Waals surface area contributed by atoms with Gasteiger partial charge in [-0.05, 0) is 74.9 Å². The Hall–Kier alpha value is -3.95. The van der Waals surface area contributed by atoms with Crippen LogP contribution in [-0.4, -0.2) is 58.9 Å². The number of rotatable bonds is 5. The molecule has 2 saturated heterocycles. The fourth-order valence-electron chi connectivity index (χ4n) is 6.03. The number of urea groups is 1. The number of hydrogen-bond acceptors (Lipinski definition) is 5. The van der Waals surface area contributed by atoms with E-state index in [9.17, 15) is 23.6 Å². The Morgan fingerprint density at radius 1 is 1.11 bits per heavy atom. The van der Waals surface area contributed by atoms with Crippen LogP contribution < -0.4 is 10.6 Å². The van der Waals surface area contributed by atoms with Gasteiger partial charge in [0.25, 0.3) is 5.91 Å². The molecule has 2 fully saturated rings. The predicted octanol–water partition coefficient (Wildman–Crippen LogP) is 3.71. The lowest BCUT2D eigenvalue weighted by atomic mass is 9.94. The molecule has 0 bridgehead atoms. The molecule has 1 spiro atoms. The molecule has 0 saturated carbocycles. The minimum absolute atomic E-state index is 0.135. The average Bonchev–Trinajstić information content (AvgIpc) is 3.47. The Labute approximate surface area is 220 Å². The zero-order valence-corrected chi connectivity index (χ0v) is 21.7. The Morgan fingerprint density at radius 3 is 2.55 bits per heavy atom. The van der Waals surface area contributed by atoms with Crippen LogP contribution in [0.5, 0.6) is 0 Å². The van der Waals surface area contributed by atoms with E-state index in [1.165, 1.54) is 19.2 Å². The zero-order valence-electron chi connectivity index (χ0n) is 21.7. The Bertz CT molecular complexity index is 1310. The second-order valence-corrected chi connectivity index (χ2v) is 10.8. The fraction of sp³-hybridized carbons (Fsp3) is 0.429. The number of anilines is 1. The normalized spacial score (nSPS) is 23.5. The summed E-state index contributed by atoms with van der Waals surface area (Å²) in [4.78, 5) is 54.5. The van der Waals surface area contributed by atoms with E-state index in [4.69, 9.17) is 4.74 Å². The Morgan fingerprint density at radius 2 is 1.84 bits per heavy atom. The van der Waals surface area contributed by atoms with E-state index in [0.717, 1.165) is 28.9 Å². The maximum Gasteiger partial charge on any atom is 0.418 e. The molecule has 1 aliphatic carbocycles. The van der Waals surface area contributed by atoms with Crippen molar-refractivity contribution in [2.24, 2.45) is 0 Å². The van der Waals surface area contributed by atoms with E-state index < -0.39 is 29.7 Å². The van der Waals surface area contributed by atoms with Crippen molar-refractivity contribution in [1.82, 2.24) is 15.1 Å². The van der Waals surface area contributed by atoms with Gasteiger partial charge in [-0.1, -0.05) is 18.2 Å². The summed E-state index contributed by atoms with van der Waals surface area (Å²) >= 11 is 0. The molecule has 38 heavy (non-hydrogen) atoms. The third-order valence-corrected chi connectivity index (χ3v) is 7.90. The van der Waals surface area contributed by atoms with Gasteiger partial charge in [0, 0.05) is 36.3 Å². The smallest absolute Gasteiger partial charge is 0.418 e. The van der Waals surface area contributed by atoms with Gasteiger partial charge in [0.1, 0.15) is 12.4 Å². The van der Waals surface area contributed by atoms with Crippen molar-refractivity contribution < 1.29 is 28.3 Å². The maximum absolute atomic E-state index is 13.6. The van der Waals surface area contributed by atoms with Crippen LogP contribution in [0.15, 0.2) is 42.5 Å². The van der Waals surface area contributed by atoms with Crippen LogP contribution in [-0.2, 0) is 32.8 Å². The summed E-state index contributed by atoms with van der Waals surface area (Å²) in [5.74, 6) is -1.19. The molecule has 2 aliphatic heterocycles. The standard InChI is InChI=1S/C28H31FN4O5/c1-27(2)12-11-21(14-17-4-6-19(29)7-5-17)33(27)23(34)16-32-24(35)28(38-26(32)37)13-10-18-15-20(8-9-22(18)28)31-25(36)30-3/h4-9,15,21H,10-14,16H2,1-3H3,(H2,30,31,36)/t21?,28-/m1/s1. The molecule has 2 heterocycles. The number of fused-ring (bicyclic) bond motifs is 2. The van der Waals surface area contributed by atoms with Gasteiger partial charge in [-0.15, -0.1) is 0 Å². The van der Waals surface area contributed by atoms with Crippen LogP contribution in [0.1, 0.15) is 49.8 Å². The number of benzene rings is 2. The number of ether oxygens (including phenoxy) is 1. The highest BCUT2D eigenvalue weighted by Crippen LogP contribution is 2.46. The van der Waals surface area contributed by atoms with Crippen LogP contribution >= 0.6 is 0 Å². The highest BCUT2D eigenvalue weighted by molar-refractivity contribution is 6.06. The summed E-state index contributed by atoms with van der Waals surface area (Å²) in [5.41, 5.74) is 0.923. The number of imide groups is 1. The van der Waals surface area contributed by atoms with Crippen molar-refractivity contribution in [1.29, 1.82) is 0 Å². The second kappa shape index (κ2) is 9.41. The number of nitrogens with one attached hydrogen (secondary N) is 2. The van der Waals surface area contributed by atoms with Crippen molar-refractivity contribution in [3.05, 3.63) is 65.0 Å². The Kier molecular flexibility index (Phi) is 6.36. The molecule has 3 aliphatic rings. The number of halogens is 1. The number of hydrogen-bond donors (Lipinski definition) is 2. The molecule has 0 aromatic heterocycles. The van der Waals surface area contributed by atoms with Gasteiger partial charge in [0.15, 0.2) is 0 Å². The molecule has 5 rings (SSSR count).